The van der Waals surface area contributed by atoms with Gasteiger partial charge in [-0.15, -0.1) is 0 Å². The summed E-state index contributed by atoms with van der Waals surface area (Å²) in [7, 11) is 0. The average molecular weight is 352 g/mol. The maximum absolute atomic E-state index is 12.9. The molecule has 0 aliphatic heterocycles. The van der Waals surface area contributed by atoms with Crippen molar-refractivity contribution in [2.75, 3.05) is 0 Å². The third-order valence-corrected chi connectivity index (χ3v) is 4.04. The lowest BCUT2D eigenvalue weighted by molar-refractivity contribution is 0.0942. The van der Waals surface area contributed by atoms with Gasteiger partial charge in [0.2, 0.25) is 5.75 Å². The molecule has 0 saturated heterocycles. The molecule has 8 heteroatoms. The van der Waals surface area contributed by atoms with E-state index in [9.17, 15) is 19.1 Å². The van der Waals surface area contributed by atoms with Gasteiger partial charge in [-0.3, -0.25) is 14.7 Å². The third-order valence-electron chi connectivity index (χ3n) is 4.04. The third kappa shape index (κ3) is 2.57. The normalized spacial score (nSPS) is 11.1. The van der Waals surface area contributed by atoms with Gasteiger partial charge in [0.05, 0.1) is 5.52 Å². The van der Waals surface area contributed by atoms with Crippen molar-refractivity contribution >= 4 is 22.5 Å². The van der Waals surface area contributed by atoms with Crippen LogP contribution in [0.3, 0.4) is 0 Å². The number of nitrogens with zero attached hydrogens (tertiary/aromatic N) is 2. The van der Waals surface area contributed by atoms with Crippen LogP contribution >= 0.6 is 0 Å². The van der Waals surface area contributed by atoms with E-state index in [1.54, 1.807) is 24.3 Å². The molecule has 0 aliphatic rings. The number of hydrogen-bond donors (Lipinski definition) is 3. The maximum atomic E-state index is 12.9. The number of hydrogen-bond acceptors (Lipinski definition) is 4. The van der Waals surface area contributed by atoms with Gasteiger partial charge in [-0.2, -0.15) is 4.52 Å². The Balaban J connectivity index is 1.72. The first-order valence-electron chi connectivity index (χ1n) is 7.79. The van der Waals surface area contributed by atoms with Gasteiger partial charge in [0.15, 0.2) is 11.3 Å². The number of para-hydroxylation sites is 1. The first kappa shape index (κ1) is 15.8. The minimum atomic E-state index is -0.766. The molecule has 0 fully saturated rings. The molecule has 0 aliphatic carbocycles. The Hall–Kier alpha value is -3.68. The van der Waals surface area contributed by atoms with E-state index in [2.05, 4.69) is 15.4 Å². The Bertz CT molecular complexity index is 1190. The first-order chi connectivity index (χ1) is 12.5. The van der Waals surface area contributed by atoms with E-state index >= 15 is 0 Å². The summed E-state index contributed by atoms with van der Waals surface area (Å²) < 4.78 is 14.0. The molecule has 2 heterocycles. The number of benzene rings is 2. The van der Waals surface area contributed by atoms with E-state index in [0.29, 0.717) is 16.5 Å². The zero-order valence-electron chi connectivity index (χ0n) is 13.4. The molecule has 4 rings (SSSR count). The van der Waals surface area contributed by atoms with Crippen molar-refractivity contribution in [2.24, 2.45) is 0 Å². The van der Waals surface area contributed by atoms with Gasteiger partial charge in [0.25, 0.3) is 5.91 Å². The summed E-state index contributed by atoms with van der Waals surface area (Å²) in [5.41, 5.74) is 0.444. The van der Waals surface area contributed by atoms with Crippen LogP contribution in [0.4, 0.5) is 4.39 Å². The predicted octanol–water partition coefficient (Wildman–Crippen LogP) is 1.95. The zero-order valence-corrected chi connectivity index (χ0v) is 13.4. The summed E-state index contributed by atoms with van der Waals surface area (Å²) in [5.74, 6) is -1.82. The summed E-state index contributed by atoms with van der Waals surface area (Å²) in [5, 5.41) is 16.1. The lowest BCUT2D eigenvalue weighted by Gasteiger charge is -2.06. The molecule has 0 unspecified atom stereocenters. The molecule has 2 aromatic heterocycles. The molecule has 0 radical (unpaired) electrons. The highest BCUT2D eigenvalue weighted by Gasteiger charge is 2.20. The standard InChI is InChI=1S/C18H13FN4O3/c19-11-7-5-10(6-8-11)9-20-17(25)14-15(24)18(26)23-16(21-14)12-3-1-2-4-13(12)22-23/h1-8,22,24H,9H2,(H,20,25). The summed E-state index contributed by atoms with van der Waals surface area (Å²) in [6.07, 6.45) is 0. The number of rotatable bonds is 3. The molecule has 1 amide bonds. The molecule has 0 saturated carbocycles. The van der Waals surface area contributed by atoms with Gasteiger partial charge < -0.3 is 10.4 Å². The molecule has 0 atom stereocenters. The van der Waals surface area contributed by atoms with Gasteiger partial charge >= 0.3 is 5.56 Å². The maximum Gasteiger partial charge on any atom is 0.315 e. The molecule has 0 spiro atoms. The van der Waals surface area contributed by atoms with Crippen molar-refractivity contribution in [3.8, 4) is 5.75 Å². The zero-order chi connectivity index (χ0) is 18.3. The van der Waals surface area contributed by atoms with E-state index in [1.807, 2.05) is 0 Å². The van der Waals surface area contributed by atoms with Crippen LogP contribution in [0, 0.1) is 5.82 Å². The Labute approximate surface area is 145 Å². The van der Waals surface area contributed by atoms with Crippen LogP contribution in [-0.4, -0.2) is 25.6 Å². The van der Waals surface area contributed by atoms with E-state index < -0.39 is 17.2 Å². The van der Waals surface area contributed by atoms with Crippen LogP contribution in [0.1, 0.15) is 16.1 Å². The number of fused-ring (bicyclic) bond motifs is 3. The molecule has 3 N–H and O–H groups in total. The fourth-order valence-corrected chi connectivity index (χ4v) is 2.72. The van der Waals surface area contributed by atoms with Crippen molar-refractivity contribution in [1.29, 1.82) is 0 Å². The van der Waals surface area contributed by atoms with E-state index in [4.69, 9.17) is 0 Å². The lowest BCUT2D eigenvalue weighted by atomic mass is 10.2. The number of carbonyl (C=O) groups excluding carboxylic acids is 1. The van der Waals surface area contributed by atoms with Crippen LogP contribution < -0.4 is 10.9 Å². The van der Waals surface area contributed by atoms with Gasteiger partial charge in [-0.05, 0) is 29.8 Å². The Morgan fingerprint density at radius 3 is 2.69 bits per heavy atom. The summed E-state index contributed by atoms with van der Waals surface area (Å²) in [6.45, 7) is 0.105. The van der Waals surface area contributed by atoms with E-state index in [-0.39, 0.29) is 23.7 Å². The summed E-state index contributed by atoms with van der Waals surface area (Å²) >= 11 is 0. The van der Waals surface area contributed by atoms with E-state index in [0.717, 1.165) is 4.52 Å². The Kier molecular flexibility index (Phi) is 3.65. The number of halogens is 1. The highest BCUT2D eigenvalue weighted by Crippen LogP contribution is 2.19. The van der Waals surface area contributed by atoms with Crippen molar-refractivity contribution in [2.45, 2.75) is 6.54 Å². The summed E-state index contributed by atoms with van der Waals surface area (Å²) in [4.78, 5) is 28.9. The number of aromatic amines is 1. The molecular weight excluding hydrogens is 339 g/mol. The molecule has 2 aromatic carbocycles. The SMILES string of the molecule is O=C(NCc1ccc(F)cc1)c1nc2c3ccccc3[nH]n2c(=O)c1O. The number of aromatic hydroxyl groups is 1. The van der Waals surface area contributed by atoms with Crippen molar-refractivity contribution in [3.63, 3.8) is 0 Å². The van der Waals surface area contributed by atoms with Crippen LogP contribution in [0.15, 0.2) is 53.3 Å². The molecule has 130 valence electrons. The highest BCUT2D eigenvalue weighted by molar-refractivity contribution is 5.98. The Morgan fingerprint density at radius 2 is 1.92 bits per heavy atom. The van der Waals surface area contributed by atoms with Crippen molar-refractivity contribution < 1.29 is 14.3 Å². The van der Waals surface area contributed by atoms with Gasteiger partial charge in [0, 0.05) is 11.9 Å². The second kappa shape index (κ2) is 5.99. The van der Waals surface area contributed by atoms with Gasteiger partial charge in [0.1, 0.15) is 5.82 Å². The predicted molar refractivity (Wildman–Crippen MR) is 92.6 cm³/mol. The molecule has 0 bridgehead atoms. The first-order valence-corrected chi connectivity index (χ1v) is 7.79. The molecule has 7 nitrogen and oxygen atoms in total. The Morgan fingerprint density at radius 1 is 1.19 bits per heavy atom. The summed E-state index contributed by atoms with van der Waals surface area (Å²) in [6, 6.07) is 12.7. The van der Waals surface area contributed by atoms with Crippen LogP contribution in [-0.2, 0) is 6.54 Å². The van der Waals surface area contributed by atoms with Gasteiger partial charge in [-0.25, -0.2) is 9.37 Å². The lowest BCUT2D eigenvalue weighted by Crippen LogP contribution is -2.27. The number of aromatic nitrogens is 3. The average Bonchev–Trinajstić information content (AvgIpc) is 3.03. The monoisotopic (exact) mass is 352 g/mol. The minimum Gasteiger partial charge on any atom is -0.501 e. The number of nitrogens with one attached hydrogen (secondary N) is 2. The van der Waals surface area contributed by atoms with Crippen molar-refractivity contribution in [1.82, 2.24) is 19.9 Å². The number of amides is 1. The fraction of sp³-hybridized carbons (Fsp3) is 0.0556. The smallest absolute Gasteiger partial charge is 0.315 e. The molecular formula is C18H13FN4O3. The number of carbonyl (C=O) groups is 1. The quantitative estimate of drug-likeness (QED) is 0.525. The molecule has 4 aromatic rings. The van der Waals surface area contributed by atoms with Crippen LogP contribution in [0.5, 0.6) is 5.75 Å². The fourth-order valence-electron chi connectivity index (χ4n) is 2.72. The van der Waals surface area contributed by atoms with Crippen LogP contribution in [0.25, 0.3) is 16.6 Å². The number of H-pyrrole nitrogens is 1. The van der Waals surface area contributed by atoms with Gasteiger partial charge in [-0.1, -0.05) is 24.3 Å². The topological polar surface area (TPSA) is 99.5 Å². The second-order valence-corrected chi connectivity index (χ2v) is 5.74. The van der Waals surface area contributed by atoms with E-state index in [1.165, 1.54) is 24.3 Å². The van der Waals surface area contributed by atoms with Crippen LogP contribution in [0.2, 0.25) is 0 Å². The molecule has 26 heavy (non-hydrogen) atoms. The highest BCUT2D eigenvalue weighted by atomic mass is 19.1. The van der Waals surface area contributed by atoms with Crippen molar-refractivity contribution in [3.05, 3.63) is 76.0 Å². The minimum absolute atomic E-state index is 0.105. The second-order valence-electron chi connectivity index (χ2n) is 5.74. The largest absolute Gasteiger partial charge is 0.501 e.